The third-order valence-corrected chi connectivity index (χ3v) is 2.84. The van der Waals surface area contributed by atoms with Crippen LogP contribution in [-0.4, -0.2) is 22.3 Å². The van der Waals surface area contributed by atoms with Crippen molar-refractivity contribution in [3.8, 4) is 11.5 Å². The zero-order valence-corrected chi connectivity index (χ0v) is 12.1. The highest BCUT2D eigenvalue weighted by molar-refractivity contribution is 6.33. The summed E-state index contributed by atoms with van der Waals surface area (Å²) < 4.78 is 12.3. The van der Waals surface area contributed by atoms with Gasteiger partial charge in [0.25, 0.3) is 5.91 Å². The smallest absolute Gasteiger partial charge is 0.287 e. The van der Waals surface area contributed by atoms with Crippen molar-refractivity contribution in [3.05, 3.63) is 41.2 Å². The molecular weight excluding hydrogens is 296 g/mol. The molecule has 0 aliphatic heterocycles. The van der Waals surface area contributed by atoms with Crippen LogP contribution in [0.1, 0.15) is 17.4 Å². The van der Waals surface area contributed by atoms with Gasteiger partial charge < -0.3 is 9.47 Å². The van der Waals surface area contributed by atoms with Gasteiger partial charge in [0.1, 0.15) is 11.5 Å². The quantitative estimate of drug-likeness (QED) is 0.480. The first-order valence-corrected chi connectivity index (χ1v) is 6.61. The number of hydrogen-bond acceptors (Lipinski definition) is 5. The number of halogens is 1. The van der Waals surface area contributed by atoms with Crippen molar-refractivity contribution in [2.75, 3.05) is 6.61 Å². The fourth-order valence-corrected chi connectivity index (χ4v) is 1.86. The average molecular weight is 311 g/mol. The van der Waals surface area contributed by atoms with E-state index in [9.17, 15) is 4.79 Å². The van der Waals surface area contributed by atoms with Crippen LogP contribution in [0.5, 0.6) is 11.5 Å². The number of amides is 1. The molecule has 1 aromatic heterocycles. The number of hydrogen-bond donors (Lipinski definition) is 2. The molecule has 0 spiro atoms. The van der Waals surface area contributed by atoms with E-state index in [-0.39, 0.29) is 17.4 Å². The standard InChI is InChI=1S/C13H15ClN4O3/c1-2-20-9-3-5-10(6-4-9)21-8-18-7-11(14)12(17-18)13(19)16-15/h3-7H,2,8,15H2,1H3,(H,16,19). The fraction of sp³-hybridized carbons (Fsp3) is 0.231. The lowest BCUT2D eigenvalue weighted by Crippen LogP contribution is -2.30. The number of nitrogen functional groups attached to an aromatic ring is 1. The van der Waals surface area contributed by atoms with Crippen molar-refractivity contribution < 1.29 is 14.3 Å². The number of nitrogens with two attached hydrogens (primary N) is 1. The Morgan fingerprint density at radius 2 is 1.95 bits per heavy atom. The van der Waals surface area contributed by atoms with E-state index in [1.54, 1.807) is 12.1 Å². The minimum absolute atomic E-state index is 0.0504. The van der Waals surface area contributed by atoms with Crippen LogP contribution >= 0.6 is 11.6 Å². The molecule has 1 amide bonds. The van der Waals surface area contributed by atoms with Gasteiger partial charge in [-0.1, -0.05) is 11.6 Å². The zero-order chi connectivity index (χ0) is 15.2. The summed E-state index contributed by atoms with van der Waals surface area (Å²) in [6, 6.07) is 7.18. The first-order chi connectivity index (χ1) is 10.1. The van der Waals surface area contributed by atoms with Gasteiger partial charge in [-0.15, -0.1) is 0 Å². The molecule has 8 heteroatoms. The molecule has 0 atom stereocenters. The first-order valence-electron chi connectivity index (χ1n) is 6.23. The lowest BCUT2D eigenvalue weighted by Gasteiger charge is -2.07. The van der Waals surface area contributed by atoms with Crippen LogP contribution in [0.4, 0.5) is 0 Å². The highest BCUT2D eigenvalue weighted by Gasteiger charge is 2.14. The van der Waals surface area contributed by atoms with E-state index >= 15 is 0 Å². The summed E-state index contributed by atoms with van der Waals surface area (Å²) in [6.07, 6.45) is 1.49. The van der Waals surface area contributed by atoms with Crippen molar-refractivity contribution >= 4 is 17.5 Å². The molecule has 0 aliphatic carbocycles. The molecule has 1 aromatic carbocycles. The minimum Gasteiger partial charge on any atom is -0.494 e. The summed E-state index contributed by atoms with van der Waals surface area (Å²) in [5.74, 6) is 5.90. The topological polar surface area (TPSA) is 91.4 Å². The number of carbonyl (C=O) groups is 1. The average Bonchev–Trinajstić information content (AvgIpc) is 2.87. The molecule has 0 saturated carbocycles. The Balaban J connectivity index is 1.98. The molecule has 1 heterocycles. The van der Waals surface area contributed by atoms with Crippen molar-refractivity contribution in [2.45, 2.75) is 13.7 Å². The second kappa shape index (κ2) is 6.96. The van der Waals surface area contributed by atoms with Crippen LogP contribution < -0.4 is 20.7 Å². The molecule has 0 saturated heterocycles. The van der Waals surface area contributed by atoms with Crippen molar-refractivity contribution in [2.24, 2.45) is 5.84 Å². The molecule has 21 heavy (non-hydrogen) atoms. The highest BCUT2D eigenvalue weighted by atomic mass is 35.5. The van der Waals surface area contributed by atoms with Crippen LogP contribution in [-0.2, 0) is 6.73 Å². The lowest BCUT2D eigenvalue weighted by atomic mass is 10.3. The maximum absolute atomic E-state index is 11.4. The Morgan fingerprint density at radius 1 is 1.33 bits per heavy atom. The van der Waals surface area contributed by atoms with Crippen LogP contribution in [0, 0.1) is 0 Å². The normalized spacial score (nSPS) is 10.2. The number of aromatic nitrogens is 2. The monoisotopic (exact) mass is 310 g/mol. The maximum Gasteiger partial charge on any atom is 0.287 e. The number of nitrogens with zero attached hydrogens (tertiary/aromatic N) is 2. The van der Waals surface area contributed by atoms with E-state index in [4.69, 9.17) is 26.9 Å². The Bertz CT molecular complexity index is 612. The van der Waals surface area contributed by atoms with E-state index in [1.165, 1.54) is 10.9 Å². The number of ether oxygens (including phenoxy) is 2. The summed E-state index contributed by atoms with van der Waals surface area (Å²) in [6.45, 7) is 2.64. The number of nitrogens with one attached hydrogen (secondary N) is 1. The zero-order valence-electron chi connectivity index (χ0n) is 11.4. The maximum atomic E-state index is 11.4. The van der Waals surface area contributed by atoms with Gasteiger partial charge >= 0.3 is 0 Å². The number of rotatable bonds is 6. The molecule has 0 bridgehead atoms. The van der Waals surface area contributed by atoms with Gasteiger partial charge in [-0.25, -0.2) is 10.5 Å². The first kappa shape index (κ1) is 15.1. The third kappa shape index (κ3) is 3.87. The van der Waals surface area contributed by atoms with Crippen molar-refractivity contribution in [1.29, 1.82) is 0 Å². The molecule has 2 rings (SSSR count). The minimum atomic E-state index is -0.556. The molecule has 0 fully saturated rings. The predicted octanol–water partition coefficient (Wildman–Crippen LogP) is 1.58. The summed E-state index contributed by atoms with van der Waals surface area (Å²) in [7, 11) is 0. The van der Waals surface area contributed by atoms with Crippen LogP contribution in [0.25, 0.3) is 0 Å². The molecule has 3 N–H and O–H groups in total. The van der Waals surface area contributed by atoms with Gasteiger partial charge in [0, 0.05) is 6.20 Å². The Kier molecular flexibility index (Phi) is 5.02. The van der Waals surface area contributed by atoms with Crippen molar-refractivity contribution in [3.63, 3.8) is 0 Å². The second-order valence-electron chi connectivity index (χ2n) is 4.02. The Morgan fingerprint density at radius 3 is 2.52 bits per heavy atom. The van der Waals surface area contributed by atoms with Gasteiger partial charge in [0.15, 0.2) is 12.4 Å². The third-order valence-electron chi connectivity index (χ3n) is 2.56. The number of carbonyl (C=O) groups excluding carboxylic acids is 1. The van der Waals surface area contributed by atoms with E-state index in [1.807, 2.05) is 24.5 Å². The summed E-state index contributed by atoms with van der Waals surface area (Å²) >= 11 is 5.88. The SMILES string of the molecule is CCOc1ccc(OCn2cc(Cl)c(C(=O)NN)n2)cc1. The van der Waals surface area contributed by atoms with E-state index in [0.717, 1.165) is 5.75 Å². The highest BCUT2D eigenvalue weighted by Crippen LogP contribution is 2.18. The number of benzene rings is 1. The molecule has 0 aliphatic rings. The summed E-state index contributed by atoms with van der Waals surface area (Å²) in [5.41, 5.74) is 2.02. The van der Waals surface area contributed by atoms with Crippen LogP contribution in [0.15, 0.2) is 30.5 Å². The van der Waals surface area contributed by atoms with Crippen molar-refractivity contribution in [1.82, 2.24) is 15.2 Å². The van der Waals surface area contributed by atoms with E-state index in [0.29, 0.717) is 12.4 Å². The summed E-state index contributed by atoms with van der Waals surface area (Å²) in [4.78, 5) is 11.4. The van der Waals surface area contributed by atoms with E-state index in [2.05, 4.69) is 5.10 Å². The molecule has 112 valence electrons. The molecule has 0 radical (unpaired) electrons. The van der Waals surface area contributed by atoms with Gasteiger partial charge in [-0.2, -0.15) is 5.10 Å². The molecule has 2 aromatic rings. The Hall–Kier alpha value is -2.25. The van der Waals surface area contributed by atoms with Gasteiger partial charge in [-0.05, 0) is 31.2 Å². The lowest BCUT2D eigenvalue weighted by molar-refractivity contribution is 0.0946. The van der Waals surface area contributed by atoms with E-state index < -0.39 is 5.91 Å². The summed E-state index contributed by atoms with van der Waals surface area (Å²) in [5, 5.41) is 4.19. The Labute approximate surface area is 126 Å². The largest absolute Gasteiger partial charge is 0.494 e. The van der Waals surface area contributed by atoms with Gasteiger partial charge in [-0.3, -0.25) is 10.2 Å². The van der Waals surface area contributed by atoms with Gasteiger partial charge in [0.2, 0.25) is 0 Å². The molecule has 7 nitrogen and oxygen atoms in total. The van der Waals surface area contributed by atoms with Crippen LogP contribution in [0.2, 0.25) is 5.02 Å². The molecular formula is C13H15ClN4O3. The fourth-order valence-electron chi connectivity index (χ4n) is 1.62. The van der Waals surface area contributed by atoms with Crippen LogP contribution in [0.3, 0.4) is 0 Å². The van der Waals surface area contributed by atoms with Gasteiger partial charge in [0.05, 0.1) is 11.6 Å². The predicted molar refractivity (Wildman–Crippen MR) is 77.1 cm³/mol. The molecule has 0 unspecified atom stereocenters. The number of hydrazine groups is 1. The second-order valence-corrected chi connectivity index (χ2v) is 4.42.